The molecule has 0 unspecified atom stereocenters. The molecule has 5 heteroatoms. The fourth-order valence-electron chi connectivity index (χ4n) is 1.70. The van der Waals surface area contributed by atoms with Gasteiger partial charge in [0.2, 0.25) is 0 Å². The van der Waals surface area contributed by atoms with Crippen LogP contribution in [0.2, 0.25) is 0 Å². The Balaban J connectivity index is 0.00000256. The van der Waals surface area contributed by atoms with Gasteiger partial charge in [-0.15, -0.1) is 12.4 Å². The van der Waals surface area contributed by atoms with Crippen molar-refractivity contribution in [3.63, 3.8) is 0 Å². The predicted octanol–water partition coefficient (Wildman–Crippen LogP) is 2.38. The highest BCUT2D eigenvalue weighted by Crippen LogP contribution is 2.29. The van der Waals surface area contributed by atoms with E-state index in [9.17, 15) is 4.39 Å². The van der Waals surface area contributed by atoms with Crippen LogP contribution in [0.5, 0.6) is 5.75 Å². The number of halogens is 2. The molecule has 0 radical (unpaired) electrons. The first-order valence-corrected chi connectivity index (χ1v) is 5.48. The molecule has 0 aliphatic rings. The van der Waals surface area contributed by atoms with Crippen LogP contribution in [-0.2, 0) is 0 Å². The maximum absolute atomic E-state index is 13.4. The molecule has 0 spiro atoms. The van der Waals surface area contributed by atoms with Crippen molar-refractivity contribution in [2.75, 3.05) is 13.7 Å². The van der Waals surface area contributed by atoms with Crippen LogP contribution in [-0.4, -0.2) is 13.7 Å². The van der Waals surface area contributed by atoms with E-state index in [1.807, 2.05) is 0 Å². The number of ether oxygens (including phenoxy) is 1. The Morgan fingerprint density at radius 1 is 1.35 bits per heavy atom. The van der Waals surface area contributed by atoms with Crippen molar-refractivity contribution in [2.24, 2.45) is 11.5 Å². The van der Waals surface area contributed by atoms with Gasteiger partial charge in [-0.25, -0.2) is 4.39 Å². The number of hydrogen-bond acceptors (Lipinski definition) is 3. The number of methoxy groups -OCH3 is 1. The Morgan fingerprint density at radius 2 is 2.06 bits per heavy atom. The zero-order valence-electron chi connectivity index (χ0n) is 9.99. The average Bonchev–Trinajstić information content (AvgIpc) is 2.29. The van der Waals surface area contributed by atoms with Crippen molar-refractivity contribution in [1.82, 2.24) is 0 Å². The lowest BCUT2D eigenvalue weighted by molar-refractivity contribution is 0.376. The monoisotopic (exact) mass is 262 g/mol. The number of benzene rings is 1. The van der Waals surface area contributed by atoms with Crippen LogP contribution in [0.15, 0.2) is 18.2 Å². The van der Waals surface area contributed by atoms with Gasteiger partial charge in [-0.05, 0) is 25.5 Å². The lowest BCUT2D eigenvalue weighted by Crippen LogP contribution is -2.13. The van der Waals surface area contributed by atoms with Crippen LogP contribution in [0, 0.1) is 5.82 Å². The highest BCUT2D eigenvalue weighted by molar-refractivity contribution is 5.85. The van der Waals surface area contributed by atoms with Crippen LogP contribution in [0.3, 0.4) is 0 Å². The quantitative estimate of drug-likeness (QED) is 0.774. The van der Waals surface area contributed by atoms with Gasteiger partial charge in [-0.3, -0.25) is 0 Å². The predicted molar refractivity (Wildman–Crippen MR) is 70.0 cm³/mol. The lowest BCUT2D eigenvalue weighted by Gasteiger charge is -2.15. The zero-order valence-corrected chi connectivity index (χ0v) is 10.8. The summed E-state index contributed by atoms with van der Waals surface area (Å²) in [5.41, 5.74) is 12.1. The second-order valence-corrected chi connectivity index (χ2v) is 3.75. The van der Waals surface area contributed by atoms with E-state index in [1.54, 1.807) is 12.1 Å². The molecule has 0 aliphatic heterocycles. The summed E-state index contributed by atoms with van der Waals surface area (Å²) in [4.78, 5) is 0. The smallest absolute Gasteiger partial charge is 0.165 e. The summed E-state index contributed by atoms with van der Waals surface area (Å²) in [5, 5.41) is 0. The van der Waals surface area contributed by atoms with Crippen molar-refractivity contribution in [3.05, 3.63) is 29.6 Å². The minimum absolute atomic E-state index is 0. The van der Waals surface area contributed by atoms with E-state index in [1.165, 1.54) is 13.2 Å². The van der Waals surface area contributed by atoms with Crippen molar-refractivity contribution in [3.8, 4) is 5.75 Å². The normalized spacial score (nSPS) is 11.8. The first-order valence-electron chi connectivity index (χ1n) is 5.48. The minimum Gasteiger partial charge on any atom is -0.493 e. The van der Waals surface area contributed by atoms with E-state index in [0.717, 1.165) is 24.8 Å². The Labute approximate surface area is 108 Å². The van der Waals surface area contributed by atoms with Gasteiger partial charge in [0, 0.05) is 11.6 Å². The van der Waals surface area contributed by atoms with E-state index in [-0.39, 0.29) is 30.0 Å². The molecule has 0 amide bonds. The maximum Gasteiger partial charge on any atom is 0.165 e. The van der Waals surface area contributed by atoms with Crippen molar-refractivity contribution in [1.29, 1.82) is 0 Å². The molecule has 3 nitrogen and oxygen atoms in total. The molecule has 1 aromatic rings. The molecule has 4 N–H and O–H groups in total. The fourth-order valence-corrected chi connectivity index (χ4v) is 1.70. The van der Waals surface area contributed by atoms with Gasteiger partial charge in [-0.2, -0.15) is 0 Å². The summed E-state index contributed by atoms with van der Waals surface area (Å²) < 4.78 is 18.4. The van der Waals surface area contributed by atoms with E-state index < -0.39 is 0 Å². The molecule has 0 saturated heterocycles. The van der Waals surface area contributed by atoms with Gasteiger partial charge >= 0.3 is 0 Å². The van der Waals surface area contributed by atoms with Crippen LogP contribution < -0.4 is 16.2 Å². The summed E-state index contributed by atoms with van der Waals surface area (Å²) in [6, 6.07) is 4.62. The molecular weight excluding hydrogens is 243 g/mol. The molecule has 0 aromatic heterocycles. The minimum atomic E-state index is -0.366. The summed E-state index contributed by atoms with van der Waals surface area (Å²) >= 11 is 0. The standard InChI is InChI=1S/C12H19FN2O.ClH/c1-16-12-9(5-4-6-10(12)13)11(15)7-2-3-8-14;/h4-6,11H,2-3,7-8,14-15H2,1H3;1H/t11-;/m0./s1. The SMILES string of the molecule is COc1c(F)cccc1[C@@H](N)CCCCN.Cl. The third-order valence-corrected chi connectivity index (χ3v) is 2.57. The molecule has 0 aliphatic carbocycles. The molecule has 0 heterocycles. The van der Waals surface area contributed by atoms with Gasteiger partial charge in [0.05, 0.1) is 7.11 Å². The molecular formula is C12H20ClFN2O. The summed E-state index contributed by atoms with van der Waals surface area (Å²) in [6.45, 7) is 0.660. The first-order chi connectivity index (χ1) is 7.70. The average molecular weight is 263 g/mol. The van der Waals surface area contributed by atoms with Gasteiger partial charge in [0.25, 0.3) is 0 Å². The summed E-state index contributed by atoms with van der Waals surface area (Å²) in [6.07, 6.45) is 2.67. The topological polar surface area (TPSA) is 61.3 Å². The molecule has 17 heavy (non-hydrogen) atoms. The van der Waals surface area contributed by atoms with Gasteiger partial charge < -0.3 is 16.2 Å². The molecule has 1 atom stereocenters. The number of para-hydroxylation sites is 1. The van der Waals surface area contributed by atoms with Gasteiger partial charge in [0.1, 0.15) is 0 Å². The number of nitrogens with two attached hydrogens (primary N) is 2. The van der Waals surface area contributed by atoms with Crippen LogP contribution >= 0.6 is 12.4 Å². The summed E-state index contributed by atoms with van der Waals surface area (Å²) in [7, 11) is 1.45. The van der Waals surface area contributed by atoms with E-state index >= 15 is 0 Å². The lowest BCUT2D eigenvalue weighted by atomic mass is 10.0. The number of hydrogen-bond donors (Lipinski definition) is 2. The molecule has 98 valence electrons. The second kappa shape index (κ2) is 8.28. The third kappa shape index (κ3) is 4.50. The number of unbranched alkanes of at least 4 members (excludes halogenated alkanes) is 1. The highest BCUT2D eigenvalue weighted by Gasteiger charge is 2.14. The van der Waals surface area contributed by atoms with Crippen LogP contribution in [0.25, 0.3) is 0 Å². The number of rotatable bonds is 6. The molecule has 0 fully saturated rings. The maximum atomic E-state index is 13.4. The summed E-state index contributed by atoms with van der Waals surface area (Å²) in [5.74, 6) is -0.114. The Morgan fingerprint density at radius 3 is 2.65 bits per heavy atom. The zero-order chi connectivity index (χ0) is 12.0. The van der Waals surface area contributed by atoms with E-state index in [4.69, 9.17) is 16.2 Å². The largest absolute Gasteiger partial charge is 0.493 e. The Hall–Kier alpha value is -0.840. The fraction of sp³-hybridized carbons (Fsp3) is 0.500. The van der Waals surface area contributed by atoms with Crippen molar-refractivity contribution >= 4 is 12.4 Å². The molecule has 0 bridgehead atoms. The van der Waals surface area contributed by atoms with Gasteiger partial charge in [-0.1, -0.05) is 18.6 Å². The third-order valence-electron chi connectivity index (χ3n) is 2.57. The van der Waals surface area contributed by atoms with Gasteiger partial charge in [0.15, 0.2) is 11.6 Å². The second-order valence-electron chi connectivity index (χ2n) is 3.75. The highest BCUT2D eigenvalue weighted by atomic mass is 35.5. The first kappa shape index (κ1) is 16.2. The Bertz CT molecular complexity index is 336. The van der Waals surface area contributed by atoms with E-state index in [0.29, 0.717) is 6.54 Å². The van der Waals surface area contributed by atoms with Crippen LogP contribution in [0.4, 0.5) is 4.39 Å². The van der Waals surface area contributed by atoms with Crippen LogP contribution in [0.1, 0.15) is 30.9 Å². The molecule has 1 rings (SSSR count). The van der Waals surface area contributed by atoms with E-state index in [2.05, 4.69) is 0 Å². The van der Waals surface area contributed by atoms with Crippen molar-refractivity contribution in [2.45, 2.75) is 25.3 Å². The van der Waals surface area contributed by atoms with Crippen molar-refractivity contribution < 1.29 is 9.13 Å². The molecule has 0 saturated carbocycles. The Kier molecular flexibility index (Phi) is 7.87. The molecule has 1 aromatic carbocycles.